The lowest BCUT2D eigenvalue weighted by molar-refractivity contribution is -0.300. The number of rotatable bonds is 2. The molecule has 2 aliphatic heterocycles. The zero-order chi connectivity index (χ0) is 14.2. The van der Waals surface area contributed by atoms with Crippen molar-refractivity contribution in [1.29, 1.82) is 0 Å². The summed E-state index contributed by atoms with van der Waals surface area (Å²) >= 11 is 0. The Bertz CT molecular complexity index is 288. The number of ether oxygens (including phenoxy) is 3. The van der Waals surface area contributed by atoms with Crippen LogP contribution in [0.4, 0.5) is 0 Å². The van der Waals surface area contributed by atoms with E-state index in [1.807, 2.05) is 0 Å². The maximum absolute atomic E-state index is 9.94. The molecule has 4 N–H and O–H groups in total. The van der Waals surface area contributed by atoms with Crippen molar-refractivity contribution in [2.75, 3.05) is 0 Å². The Morgan fingerprint density at radius 3 is 2.16 bits per heavy atom. The van der Waals surface area contributed by atoms with Crippen LogP contribution < -0.4 is 0 Å². The van der Waals surface area contributed by atoms with E-state index in [-0.39, 0.29) is 12.8 Å². The van der Waals surface area contributed by atoms with Gasteiger partial charge in [0, 0.05) is 12.8 Å². The molecule has 0 unspecified atom stereocenters. The van der Waals surface area contributed by atoms with Crippen LogP contribution in [0, 0.1) is 0 Å². The third-order valence-corrected chi connectivity index (χ3v) is 3.67. The second-order valence-corrected chi connectivity index (χ2v) is 5.26. The van der Waals surface area contributed by atoms with Crippen LogP contribution in [0.1, 0.15) is 26.7 Å². The second-order valence-electron chi connectivity index (χ2n) is 5.26. The van der Waals surface area contributed by atoms with Crippen LogP contribution in [0.5, 0.6) is 0 Å². The lowest BCUT2D eigenvalue weighted by atomic mass is 10.0. The lowest BCUT2D eigenvalue weighted by Crippen LogP contribution is -2.53. The third-order valence-electron chi connectivity index (χ3n) is 3.67. The van der Waals surface area contributed by atoms with E-state index in [4.69, 9.17) is 14.2 Å². The van der Waals surface area contributed by atoms with E-state index < -0.39 is 49.2 Å². The highest BCUT2D eigenvalue weighted by Gasteiger charge is 2.40. The number of hydrogen-bond acceptors (Lipinski definition) is 7. The molecule has 0 aliphatic carbocycles. The maximum Gasteiger partial charge on any atom is 0.161 e. The molecule has 2 aliphatic rings. The van der Waals surface area contributed by atoms with Gasteiger partial charge in [0.15, 0.2) is 12.6 Å². The molecule has 0 radical (unpaired) electrons. The predicted molar refractivity (Wildman–Crippen MR) is 63.0 cm³/mol. The van der Waals surface area contributed by atoms with Crippen molar-refractivity contribution in [1.82, 2.24) is 0 Å². The summed E-state index contributed by atoms with van der Waals surface area (Å²) in [6.07, 6.45) is -5.89. The minimum atomic E-state index is -0.986. The van der Waals surface area contributed by atoms with Gasteiger partial charge >= 0.3 is 0 Å². The molecule has 7 heteroatoms. The Morgan fingerprint density at radius 1 is 0.895 bits per heavy atom. The topological polar surface area (TPSA) is 109 Å². The quantitative estimate of drug-likeness (QED) is 0.498. The van der Waals surface area contributed by atoms with Gasteiger partial charge in [0.25, 0.3) is 0 Å². The highest BCUT2D eigenvalue weighted by Crippen LogP contribution is 2.27. The molecule has 0 aromatic carbocycles. The molecule has 0 bridgehead atoms. The fourth-order valence-electron chi connectivity index (χ4n) is 2.47. The molecule has 112 valence electrons. The first-order valence-electron chi connectivity index (χ1n) is 6.57. The standard InChI is InChI=1S/C12H22O7/c1-5-11(15)7(13)3-10(18-5)19-8-4-9(14)17-6(2)12(8)16/h5-16H,3-4H2,1-2H3/t5-,6+,7-,8+,9+,10-,11-,12-/m0/s1. The van der Waals surface area contributed by atoms with E-state index in [0.29, 0.717) is 0 Å². The van der Waals surface area contributed by atoms with Gasteiger partial charge in [-0.1, -0.05) is 0 Å². The zero-order valence-corrected chi connectivity index (χ0v) is 11.0. The summed E-state index contributed by atoms with van der Waals surface area (Å²) in [7, 11) is 0. The van der Waals surface area contributed by atoms with Crippen molar-refractivity contribution in [2.45, 2.75) is 75.9 Å². The molecular formula is C12H22O7. The molecule has 2 fully saturated rings. The summed E-state index contributed by atoms with van der Waals surface area (Å²) in [5.41, 5.74) is 0. The van der Waals surface area contributed by atoms with Gasteiger partial charge in [-0.25, -0.2) is 0 Å². The fourth-order valence-corrected chi connectivity index (χ4v) is 2.47. The first kappa shape index (κ1) is 15.1. The summed E-state index contributed by atoms with van der Waals surface area (Å²) in [5.74, 6) is 0. The van der Waals surface area contributed by atoms with E-state index in [9.17, 15) is 20.4 Å². The lowest BCUT2D eigenvalue weighted by Gasteiger charge is -2.40. The van der Waals surface area contributed by atoms with Gasteiger partial charge < -0.3 is 34.6 Å². The van der Waals surface area contributed by atoms with Crippen molar-refractivity contribution in [3.05, 3.63) is 0 Å². The van der Waals surface area contributed by atoms with Crippen LogP contribution in [0.25, 0.3) is 0 Å². The third kappa shape index (κ3) is 3.43. The molecule has 0 spiro atoms. The number of aliphatic hydroxyl groups excluding tert-OH is 4. The number of aliphatic hydroxyl groups is 4. The van der Waals surface area contributed by atoms with E-state index in [0.717, 1.165) is 0 Å². The van der Waals surface area contributed by atoms with Gasteiger partial charge in [0.1, 0.15) is 12.2 Å². The second kappa shape index (κ2) is 6.01. The molecule has 0 aromatic heterocycles. The summed E-state index contributed by atoms with van der Waals surface area (Å²) in [4.78, 5) is 0. The highest BCUT2D eigenvalue weighted by molar-refractivity contribution is 4.84. The summed E-state index contributed by atoms with van der Waals surface area (Å²) < 4.78 is 16.1. The van der Waals surface area contributed by atoms with Crippen LogP contribution >= 0.6 is 0 Å². The SMILES string of the molecule is C[C@@H]1O[C@@H](O[C@@H]2C[C@H](O)O[C@H](C)[C@@H]2O)C[C@H](O)[C@H]1O. The van der Waals surface area contributed by atoms with Crippen LogP contribution in [-0.4, -0.2) is 69.6 Å². The first-order valence-corrected chi connectivity index (χ1v) is 6.57. The van der Waals surface area contributed by atoms with Gasteiger partial charge in [0.05, 0.1) is 24.4 Å². The molecule has 0 saturated carbocycles. The molecule has 19 heavy (non-hydrogen) atoms. The fraction of sp³-hybridized carbons (Fsp3) is 1.00. The molecular weight excluding hydrogens is 256 g/mol. The Kier molecular flexibility index (Phi) is 4.78. The van der Waals surface area contributed by atoms with Crippen molar-refractivity contribution in [2.24, 2.45) is 0 Å². The van der Waals surface area contributed by atoms with Crippen molar-refractivity contribution in [3.63, 3.8) is 0 Å². The van der Waals surface area contributed by atoms with Crippen LogP contribution in [0.3, 0.4) is 0 Å². The Labute approximate surface area is 111 Å². The van der Waals surface area contributed by atoms with Crippen LogP contribution in [-0.2, 0) is 14.2 Å². The summed E-state index contributed by atoms with van der Waals surface area (Å²) in [6.45, 7) is 3.29. The van der Waals surface area contributed by atoms with Gasteiger partial charge in [-0.05, 0) is 13.8 Å². The smallest absolute Gasteiger partial charge is 0.161 e. The van der Waals surface area contributed by atoms with Crippen molar-refractivity contribution < 1.29 is 34.6 Å². The average molecular weight is 278 g/mol. The van der Waals surface area contributed by atoms with Crippen molar-refractivity contribution >= 4 is 0 Å². The van der Waals surface area contributed by atoms with Gasteiger partial charge in [-0.3, -0.25) is 0 Å². The Morgan fingerprint density at radius 2 is 1.53 bits per heavy atom. The normalized spacial score (nSPS) is 52.1. The Balaban J connectivity index is 1.93. The Hall–Kier alpha value is -0.280. The van der Waals surface area contributed by atoms with Gasteiger partial charge in [-0.15, -0.1) is 0 Å². The van der Waals surface area contributed by atoms with E-state index in [2.05, 4.69) is 0 Å². The average Bonchev–Trinajstić information content (AvgIpc) is 2.32. The molecule has 0 aromatic rings. The van der Waals surface area contributed by atoms with E-state index >= 15 is 0 Å². The minimum absolute atomic E-state index is 0.125. The van der Waals surface area contributed by atoms with Crippen LogP contribution in [0.15, 0.2) is 0 Å². The van der Waals surface area contributed by atoms with Gasteiger partial charge in [0.2, 0.25) is 0 Å². The summed E-state index contributed by atoms with van der Waals surface area (Å²) in [5, 5.41) is 38.7. The molecule has 2 heterocycles. The minimum Gasteiger partial charge on any atom is -0.390 e. The molecule has 2 saturated heterocycles. The van der Waals surface area contributed by atoms with E-state index in [1.54, 1.807) is 13.8 Å². The monoisotopic (exact) mass is 278 g/mol. The first-order chi connectivity index (χ1) is 8.88. The molecule has 0 amide bonds. The summed E-state index contributed by atoms with van der Waals surface area (Å²) in [6, 6.07) is 0. The molecule has 2 rings (SSSR count). The maximum atomic E-state index is 9.94. The number of hydrogen-bond donors (Lipinski definition) is 4. The zero-order valence-electron chi connectivity index (χ0n) is 11.0. The molecule has 7 nitrogen and oxygen atoms in total. The predicted octanol–water partition coefficient (Wildman–Crippen LogP) is -1.28. The molecule has 8 atom stereocenters. The largest absolute Gasteiger partial charge is 0.390 e. The van der Waals surface area contributed by atoms with Crippen LogP contribution in [0.2, 0.25) is 0 Å². The highest BCUT2D eigenvalue weighted by atomic mass is 16.7. The van der Waals surface area contributed by atoms with Crippen molar-refractivity contribution in [3.8, 4) is 0 Å². The van der Waals surface area contributed by atoms with E-state index in [1.165, 1.54) is 0 Å². The van der Waals surface area contributed by atoms with Gasteiger partial charge in [-0.2, -0.15) is 0 Å².